The Kier molecular flexibility index (Phi) is 8.70. The standard InChI is InChI=1S/C7H13NO4S.K/c1-5(2)7(9)8-6(3)4-13(10,11)12;/h6H,1,4H2,2-3H3,(H,8,9)(H,10,11,12);/q;+1/p-1. The fraction of sp³-hybridized carbons (Fsp3) is 0.571. The average molecular weight is 245 g/mol. The number of nitrogens with one attached hydrogen (secondary N) is 1. The smallest absolute Gasteiger partial charge is 0.748 e. The molecule has 0 saturated heterocycles. The molecular weight excluding hydrogens is 233 g/mol. The Hall–Kier alpha value is 0.756. The first-order valence-electron chi connectivity index (χ1n) is 3.62. The fourth-order valence-corrected chi connectivity index (χ4v) is 1.39. The molecule has 0 heterocycles. The second kappa shape index (κ2) is 7.10. The minimum atomic E-state index is -4.29. The van der Waals surface area contributed by atoms with Crippen LogP contribution in [0.2, 0.25) is 0 Å². The minimum Gasteiger partial charge on any atom is -0.748 e. The second-order valence-corrected chi connectivity index (χ2v) is 4.33. The first-order chi connectivity index (χ1) is 5.72. The molecule has 0 aliphatic rings. The van der Waals surface area contributed by atoms with Crippen LogP contribution >= 0.6 is 0 Å². The van der Waals surface area contributed by atoms with Crippen LogP contribution in [0.1, 0.15) is 13.8 Å². The quantitative estimate of drug-likeness (QED) is 0.318. The summed E-state index contributed by atoms with van der Waals surface area (Å²) in [5, 5.41) is 2.32. The summed E-state index contributed by atoms with van der Waals surface area (Å²) in [4.78, 5) is 10.9. The van der Waals surface area contributed by atoms with Crippen LogP contribution < -0.4 is 56.7 Å². The number of rotatable bonds is 4. The third-order valence-electron chi connectivity index (χ3n) is 1.22. The van der Waals surface area contributed by atoms with Gasteiger partial charge in [-0.15, -0.1) is 0 Å². The van der Waals surface area contributed by atoms with E-state index in [1.54, 1.807) is 0 Å². The molecule has 0 saturated carbocycles. The van der Waals surface area contributed by atoms with E-state index in [4.69, 9.17) is 0 Å². The molecule has 0 aromatic heterocycles. The van der Waals surface area contributed by atoms with Crippen LogP contribution in [-0.4, -0.2) is 30.7 Å². The Labute approximate surface area is 127 Å². The molecule has 7 heteroatoms. The Morgan fingerprint density at radius 2 is 2.00 bits per heavy atom. The largest absolute Gasteiger partial charge is 1.00 e. The van der Waals surface area contributed by atoms with Gasteiger partial charge in [-0.2, -0.15) is 0 Å². The SMILES string of the molecule is C=C(C)C(=O)NC(C)CS(=O)(=O)[O-].[K+]. The van der Waals surface area contributed by atoms with Crippen LogP contribution in [-0.2, 0) is 14.9 Å². The van der Waals surface area contributed by atoms with Crippen molar-refractivity contribution in [2.75, 3.05) is 5.75 Å². The van der Waals surface area contributed by atoms with Crippen molar-refractivity contribution in [3.05, 3.63) is 12.2 Å². The number of hydrogen-bond donors (Lipinski definition) is 1. The zero-order chi connectivity index (χ0) is 10.6. The third-order valence-corrected chi connectivity index (χ3v) is 2.13. The van der Waals surface area contributed by atoms with E-state index in [2.05, 4.69) is 11.9 Å². The number of carbonyl (C=O) groups is 1. The van der Waals surface area contributed by atoms with Crippen molar-refractivity contribution >= 4 is 16.0 Å². The van der Waals surface area contributed by atoms with E-state index in [-0.39, 0.29) is 57.0 Å². The van der Waals surface area contributed by atoms with Gasteiger partial charge < -0.3 is 9.87 Å². The Balaban J connectivity index is 0. The van der Waals surface area contributed by atoms with Crippen LogP contribution in [0.5, 0.6) is 0 Å². The molecule has 1 N–H and O–H groups in total. The first kappa shape index (κ1) is 17.2. The molecule has 0 aliphatic heterocycles. The van der Waals surface area contributed by atoms with Gasteiger partial charge in [0.05, 0.1) is 15.9 Å². The van der Waals surface area contributed by atoms with Crippen molar-refractivity contribution in [2.24, 2.45) is 0 Å². The monoisotopic (exact) mass is 245 g/mol. The zero-order valence-electron chi connectivity index (χ0n) is 8.53. The molecule has 1 unspecified atom stereocenters. The van der Waals surface area contributed by atoms with Gasteiger partial charge in [-0.3, -0.25) is 4.79 Å². The number of carbonyl (C=O) groups excluding carboxylic acids is 1. The summed E-state index contributed by atoms with van der Waals surface area (Å²) < 4.78 is 30.8. The molecule has 0 fully saturated rings. The molecule has 0 spiro atoms. The molecular formula is C7H12KNO4S. The zero-order valence-corrected chi connectivity index (χ0v) is 12.5. The van der Waals surface area contributed by atoms with E-state index in [9.17, 15) is 17.8 Å². The Bertz CT molecular complexity index is 312. The van der Waals surface area contributed by atoms with Crippen molar-refractivity contribution in [3.8, 4) is 0 Å². The molecule has 14 heavy (non-hydrogen) atoms. The predicted octanol–water partition coefficient (Wildman–Crippen LogP) is -3.38. The van der Waals surface area contributed by atoms with Gasteiger partial charge in [-0.1, -0.05) is 6.58 Å². The summed E-state index contributed by atoms with van der Waals surface area (Å²) in [7, 11) is -4.29. The van der Waals surface area contributed by atoms with Crippen molar-refractivity contribution in [3.63, 3.8) is 0 Å². The van der Waals surface area contributed by atoms with Gasteiger partial charge in [-0.25, -0.2) is 8.42 Å². The predicted molar refractivity (Wildman–Crippen MR) is 47.0 cm³/mol. The van der Waals surface area contributed by atoms with Gasteiger partial charge in [0, 0.05) is 11.6 Å². The van der Waals surface area contributed by atoms with E-state index >= 15 is 0 Å². The van der Waals surface area contributed by atoms with Crippen molar-refractivity contribution < 1.29 is 69.1 Å². The van der Waals surface area contributed by atoms with Gasteiger partial charge in [0.15, 0.2) is 0 Å². The van der Waals surface area contributed by atoms with Gasteiger partial charge >= 0.3 is 51.4 Å². The third kappa shape index (κ3) is 9.32. The Morgan fingerprint density at radius 3 is 2.29 bits per heavy atom. The van der Waals surface area contributed by atoms with Crippen LogP contribution in [0.25, 0.3) is 0 Å². The Morgan fingerprint density at radius 1 is 1.57 bits per heavy atom. The molecule has 0 rings (SSSR count). The molecule has 0 bridgehead atoms. The summed E-state index contributed by atoms with van der Waals surface area (Å²) in [5.74, 6) is -1.05. The molecule has 0 aromatic rings. The minimum absolute atomic E-state index is 0. The van der Waals surface area contributed by atoms with E-state index in [1.165, 1.54) is 13.8 Å². The number of amides is 1. The van der Waals surface area contributed by atoms with Gasteiger partial charge in [0.25, 0.3) is 0 Å². The van der Waals surface area contributed by atoms with E-state index in [1.807, 2.05) is 0 Å². The molecule has 1 atom stereocenters. The molecule has 5 nitrogen and oxygen atoms in total. The summed E-state index contributed by atoms with van der Waals surface area (Å²) in [6, 6.07) is -0.688. The van der Waals surface area contributed by atoms with Crippen molar-refractivity contribution in [1.29, 1.82) is 0 Å². The van der Waals surface area contributed by atoms with E-state index < -0.39 is 27.8 Å². The summed E-state index contributed by atoms with van der Waals surface area (Å²) in [5.41, 5.74) is 0.273. The van der Waals surface area contributed by atoms with Gasteiger partial charge in [-0.05, 0) is 13.8 Å². The normalized spacial score (nSPS) is 12.5. The number of hydrogen-bond acceptors (Lipinski definition) is 4. The fourth-order valence-electron chi connectivity index (χ4n) is 0.695. The topological polar surface area (TPSA) is 86.3 Å². The average Bonchev–Trinajstić information content (AvgIpc) is 1.81. The van der Waals surface area contributed by atoms with Crippen LogP contribution in [0, 0.1) is 0 Å². The maximum atomic E-state index is 10.9. The molecule has 0 aliphatic carbocycles. The second-order valence-electron chi connectivity index (χ2n) is 2.88. The summed E-state index contributed by atoms with van der Waals surface area (Å²) in [6.07, 6.45) is 0. The summed E-state index contributed by atoms with van der Waals surface area (Å²) in [6.45, 7) is 6.30. The van der Waals surface area contributed by atoms with Gasteiger partial charge in [0.2, 0.25) is 5.91 Å². The van der Waals surface area contributed by atoms with Crippen molar-refractivity contribution in [1.82, 2.24) is 5.32 Å². The maximum absolute atomic E-state index is 10.9. The molecule has 0 aromatic carbocycles. The molecule has 0 radical (unpaired) electrons. The molecule has 1 amide bonds. The first-order valence-corrected chi connectivity index (χ1v) is 5.20. The van der Waals surface area contributed by atoms with Crippen LogP contribution in [0.15, 0.2) is 12.2 Å². The molecule has 76 valence electrons. The maximum Gasteiger partial charge on any atom is 1.00 e. The van der Waals surface area contributed by atoms with Crippen LogP contribution in [0.3, 0.4) is 0 Å². The summed E-state index contributed by atoms with van der Waals surface area (Å²) >= 11 is 0. The van der Waals surface area contributed by atoms with Crippen LogP contribution in [0.4, 0.5) is 0 Å². The van der Waals surface area contributed by atoms with Crippen molar-refractivity contribution in [2.45, 2.75) is 19.9 Å². The van der Waals surface area contributed by atoms with Gasteiger partial charge in [0.1, 0.15) is 0 Å². The van der Waals surface area contributed by atoms with E-state index in [0.29, 0.717) is 0 Å². The van der Waals surface area contributed by atoms with E-state index in [0.717, 1.165) is 0 Å².